The van der Waals surface area contributed by atoms with Crippen LogP contribution in [-0.4, -0.2) is 43.8 Å². The number of carbonyl (C=O) groups excluding carboxylic acids is 1. The number of piperazine rings is 1. The molecule has 2 aliphatic rings. The molecule has 3 aromatic rings. The van der Waals surface area contributed by atoms with Gasteiger partial charge in [0.05, 0.1) is 0 Å². The van der Waals surface area contributed by atoms with Crippen molar-refractivity contribution in [3.63, 3.8) is 0 Å². The number of amides is 1. The Morgan fingerprint density at radius 3 is 2.26 bits per heavy atom. The maximum absolute atomic E-state index is 12.9. The number of nitrogens with zero attached hydrogens (tertiary/aromatic N) is 2. The molecule has 4 nitrogen and oxygen atoms in total. The molecule has 3 aromatic carbocycles. The van der Waals surface area contributed by atoms with Crippen LogP contribution in [0.15, 0.2) is 65.6 Å². The molecule has 1 fully saturated rings. The minimum Gasteiger partial charge on any atom is -0.448 e. The Kier molecular flexibility index (Phi) is 6.26. The van der Waals surface area contributed by atoms with Gasteiger partial charge in [-0.25, -0.2) is 4.79 Å². The predicted molar refractivity (Wildman–Crippen MR) is 140 cm³/mol. The standard InChI is InChI=1S/C29H28N2O2S/c1-3-8-21-17-27(20(2)28(34)18-21)30-13-15-31(16-14-30)29(32)33-19-26-24-11-6-4-9-22(24)23-10-5-7-12-25(23)26/h1,4-7,9-12,17-18,26,34H,8,13-16,19H2,2H3. The zero-order valence-electron chi connectivity index (χ0n) is 19.3. The van der Waals surface area contributed by atoms with Gasteiger partial charge in [0.1, 0.15) is 6.61 Å². The van der Waals surface area contributed by atoms with Crippen LogP contribution in [0.25, 0.3) is 11.1 Å². The summed E-state index contributed by atoms with van der Waals surface area (Å²) in [6, 6.07) is 21.0. The molecule has 1 aliphatic carbocycles. The molecule has 0 bridgehead atoms. The zero-order valence-corrected chi connectivity index (χ0v) is 20.2. The zero-order chi connectivity index (χ0) is 23.7. The van der Waals surface area contributed by atoms with Crippen molar-refractivity contribution in [3.05, 3.63) is 82.9 Å². The summed E-state index contributed by atoms with van der Waals surface area (Å²) in [5, 5.41) is 0. The van der Waals surface area contributed by atoms with E-state index in [1.54, 1.807) is 0 Å². The van der Waals surface area contributed by atoms with E-state index in [1.165, 1.54) is 22.3 Å². The molecule has 0 saturated carbocycles. The smallest absolute Gasteiger partial charge is 0.409 e. The molecular formula is C29H28N2O2S. The van der Waals surface area contributed by atoms with Gasteiger partial charge >= 0.3 is 6.09 Å². The van der Waals surface area contributed by atoms with E-state index < -0.39 is 0 Å². The quantitative estimate of drug-likeness (QED) is 0.404. The molecule has 5 rings (SSSR count). The van der Waals surface area contributed by atoms with Crippen molar-refractivity contribution < 1.29 is 9.53 Å². The lowest BCUT2D eigenvalue weighted by atomic mass is 9.98. The summed E-state index contributed by atoms with van der Waals surface area (Å²) in [4.78, 5) is 18.0. The number of anilines is 1. The van der Waals surface area contributed by atoms with Crippen molar-refractivity contribution in [1.29, 1.82) is 0 Å². The third kappa shape index (κ3) is 4.15. The van der Waals surface area contributed by atoms with Crippen LogP contribution >= 0.6 is 12.6 Å². The number of thiol groups is 1. The van der Waals surface area contributed by atoms with E-state index in [-0.39, 0.29) is 12.0 Å². The average molecular weight is 469 g/mol. The summed E-state index contributed by atoms with van der Waals surface area (Å²) >= 11 is 4.63. The van der Waals surface area contributed by atoms with Gasteiger partial charge in [0.15, 0.2) is 0 Å². The van der Waals surface area contributed by atoms with Crippen molar-refractivity contribution >= 4 is 24.4 Å². The highest BCUT2D eigenvalue weighted by Gasteiger charge is 2.30. The molecule has 1 saturated heterocycles. The molecule has 0 N–H and O–H groups in total. The summed E-state index contributed by atoms with van der Waals surface area (Å²) in [6.45, 7) is 5.17. The molecule has 0 unspecified atom stereocenters. The Morgan fingerprint density at radius 2 is 1.65 bits per heavy atom. The largest absolute Gasteiger partial charge is 0.448 e. The van der Waals surface area contributed by atoms with E-state index in [2.05, 4.69) is 85.0 Å². The topological polar surface area (TPSA) is 32.8 Å². The van der Waals surface area contributed by atoms with Gasteiger partial charge in [0, 0.05) is 49.1 Å². The first-order chi connectivity index (χ1) is 16.6. The lowest BCUT2D eigenvalue weighted by molar-refractivity contribution is 0.0977. The number of ether oxygens (including phenoxy) is 1. The average Bonchev–Trinajstić information content (AvgIpc) is 3.18. The molecular weight excluding hydrogens is 440 g/mol. The molecule has 5 heteroatoms. The molecule has 0 aromatic heterocycles. The fraction of sp³-hybridized carbons (Fsp3) is 0.276. The van der Waals surface area contributed by atoms with Crippen LogP contribution in [0.3, 0.4) is 0 Å². The Balaban J connectivity index is 1.23. The number of fused-ring (bicyclic) bond motifs is 3. The maximum atomic E-state index is 12.9. The number of terminal acetylenes is 1. The summed E-state index contributed by atoms with van der Waals surface area (Å²) in [5.74, 6) is 2.79. The van der Waals surface area contributed by atoms with Gasteiger partial charge in [-0.15, -0.1) is 25.0 Å². The molecule has 1 aliphatic heterocycles. The highest BCUT2D eigenvalue weighted by atomic mass is 32.1. The van der Waals surface area contributed by atoms with Gasteiger partial charge in [-0.05, 0) is 52.4 Å². The summed E-state index contributed by atoms with van der Waals surface area (Å²) in [5.41, 5.74) is 8.30. The second-order valence-corrected chi connectivity index (χ2v) is 9.40. The van der Waals surface area contributed by atoms with Gasteiger partial charge in [-0.2, -0.15) is 0 Å². The molecule has 34 heavy (non-hydrogen) atoms. The van der Waals surface area contributed by atoms with E-state index in [4.69, 9.17) is 11.2 Å². The summed E-state index contributed by atoms with van der Waals surface area (Å²) < 4.78 is 5.85. The number of hydrogen-bond donors (Lipinski definition) is 1. The number of hydrogen-bond acceptors (Lipinski definition) is 4. The third-order valence-electron chi connectivity index (χ3n) is 6.93. The molecule has 172 valence electrons. The summed E-state index contributed by atoms with van der Waals surface area (Å²) in [7, 11) is 0. The number of benzene rings is 3. The molecule has 0 atom stereocenters. The van der Waals surface area contributed by atoms with Crippen molar-refractivity contribution in [2.75, 3.05) is 37.7 Å². The molecule has 0 spiro atoms. The van der Waals surface area contributed by atoms with Gasteiger partial charge in [0.25, 0.3) is 0 Å². The second-order valence-electron chi connectivity index (χ2n) is 8.92. The van der Waals surface area contributed by atoms with Crippen LogP contribution in [0.1, 0.15) is 28.2 Å². The maximum Gasteiger partial charge on any atom is 0.409 e. The number of carbonyl (C=O) groups is 1. The van der Waals surface area contributed by atoms with Crippen LogP contribution < -0.4 is 4.90 Å². The van der Waals surface area contributed by atoms with Crippen LogP contribution in [0.2, 0.25) is 0 Å². The van der Waals surface area contributed by atoms with E-state index in [1.807, 2.05) is 11.0 Å². The van der Waals surface area contributed by atoms with Crippen LogP contribution in [0.4, 0.5) is 10.5 Å². The lowest BCUT2D eigenvalue weighted by Gasteiger charge is -2.36. The predicted octanol–water partition coefficient (Wildman–Crippen LogP) is 5.53. The fourth-order valence-electron chi connectivity index (χ4n) is 5.10. The number of rotatable bonds is 4. The van der Waals surface area contributed by atoms with E-state index in [9.17, 15) is 4.79 Å². The van der Waals surface area contributed by atoms with Gasteiger partial charge in [0.2, 0.25) is 0 Å². The monoisotopic (exact) mass is 468 g/mol. The second kappa shape index (κ2) is 9.48. The highest BCUT2D eigenvalue weighted by molar-refractivity contribution is 7.80. The van der Waals surface area contributed by atoms with Crippen molar-refractivity contribution in [2.45, 2.75) is 24.2 Å². The van der Waals surface area contributed by atoms with Crippen LogP contribution in [0, 0.1) is 19.3 Å². The molecule has 1 amide bonds. The minimum atomic E-state index is -0.241. The first-order valence-corrected chi connectivity index (χ1v) is 12.1. The van der Waals surface area contributed by atoms with Gasteiger partial charge in [-0.3, -0.25) is 0 Å². The SMILES string of the molecule is C#CCc1cc(S)c(C)c(N2CCN(C(=O)OCC3c4ccccc4-c4ccccc43)CC2)c1. The Labute approximate surface area is 206 Å². The van der Waals surface area contributed by atoms with Gasteiger partial charge in [-0.1, -0.05) is 48.5 Å². The van der Waals surface area contributed by atoms with Crippen molar-refractivity contribution in [3.8, 4) is 23.5 Å². The van der Waals surface area contributed by atoms with Crippen LogP contribution in [0.5, 0.6) is 0 Å². The third-order valence-corrected chi connectivity index (χ3v) is 7.40. The Morgan fingerprint density at radius 1 is 1.03 bits per heavy atom. The normalized spacial score (nSPS) is 15.0. The first-order valence-electron chi connectivity index (χ1n) is 11.7. The minimum absolute atomic E-state index is 0.0768. The van der Waals surface area contributed by atoms with Gasteiger partial charge < -0.3 is 14.5 Å². The van der Waals surface area contributed by atoms with Crippen molar-refractivity contribution in [1.82, 2.24) is 4.90 Å². The van der Waals surface area contributed by atoms with E-state index in [0.717, 1.165) is 34.8 Å². The molecule has 0 radical (unpaired) electrons. The Bertz CT molecular complexity index is 1230. The molecule has 1 heterocycles. The first kappa shape index (κ1) is 22.4. The van der Waals surface area contributed by atoms with Crippen LogP contribution in [-0.2, 0) is 11.2 Å². The fourth-order valence-corrected chi connectivity index (χ4v) is 5.38. The van der Waals surface area contributed by atoms with Crippen molar-refractivity contribution in [2.24, 2.45) is 0 Å². The highest BCUT2D eigenvalue weighted by Crippen LogP contribution is 2.44. The van der Waals surface area contributed by atoms with E-state index in [0.29, 0.717) is 26.1 Å². The Hall–Kier alpha value is -3.36. The lowest BCUT2D eigenvalue weighted by Crippen LogP contribution is -2.49. The summed E-state index contributed by atoms with van der Waals surface area (Å²) in [6.07, 6.45) is 5.85. The van der Waals surface area contributed by atoms with E-state index >= 15 is 0 Å².